The maximum atomic E-state index is 12.8. The van der Waals surface area contributed by atoms with Crippen LogP contribution in [0.15, 0.2) is 47.1 Å². The number of rotatable bonds is 6. The quantitative estimate of drug-likeness (QED) is 0.674. The molecule has 1 saturated heterocycles. The van der Waals surface area contributed by atoms with Crippen molar-refractivity contribution in [2.45, 2.75) is 19.9 Å². The van der Waals surface area contributed by atoms with Crippen LogP contribution in [0.3, 0.4) is 0 Å². The lowest BCUT2D eigenvalue weighted by Crippen LogP contribution is -2.47. The highest BCUT2D eigenvalue weighted by molar-refractivity contribution is 9.10. The highest BCUT2D eigenvalue weighted by Gasteiger charge is 2.25. The van der Waals surface area contributed by atoms with E-state index in [0.29, 0.717) is 11.3 Å². The van der Waals surface area contributed by atoms with Crippen LogP contribution in [0, 0.1) is 5.92 Å². The molecule has 1 aliphatic rings. The molecule has 30 heavy (non-hydrogen) atoms. The zero-order valence-corrected chi connectivity index (χ0v) is 19.1. The Balaban J connectivity index is 1.61. The summed E-state index contributed by atoms with van der Waals surface area (Å²) in [7, 11) is 2.12. The molecule has 1 aliphatic heterocycles. The van der Waals surface area contributed by atoms with E-state index in [9.17, 15) is 9.59 Å². The van der Waals surface area contributed by atoms with E-state index in [0.717, 1.165) is 36.5 Å². The summed E-state index contributed by atoms with van der Waals surface area (Å²) in [5.74, 6) is 0.302. The molecule has 2 amide bonds. The number of hydrogen-bond donors (Lipinski definition) is 2. The molecule has 0 saturated carbocycles. The number of carbonyl (C=O) groups excluding carboxylic acids is 2. The van der Waals surface area contributed by atoms with Crippen LogP contribution in [0.5, 0.6) is 0 Å². The van der Waals surface area contributed by atoms with Crippen molar-refractivity contribution in [3.8, 4) is 0 Å². The summed E-state index contributed by atoms with van der Waals surface area (Å²) in [4.78, 5) is 34.4. The molecule has 0 spiro atoms. The maximum Gasteiger partial charge on any atom is 0.251 e. The first-order chi connectivity index (χ1) is 14.3. The predicted molar refractivity (Wildman–Crippen MR) is 123 cm³/mol. The molecular formula is C22H28BrN5O2. The van der Waals surface area contributed by atoms with Crippen LogP contribution in [0.1, 0.15) is 24.2 Å². The minimum atomic E-state index is -0.654. The number of carbonyl (C=O) groups is 2. The SMILES string of the molecule is CC(C)C(NC(=O)c1ccc(Br)cc1)C(=O)Nc1ccc(N2CCN(C)CC2)nc1. The summed E-state index contributed by atoms with van der Waals surface area (Å²) >= 11 is 3.36. The fourth-order valence-electron chi connectivity index (χ4n) is 3.26. The molecule has 1 atom stereocenters. The second kappa shape index (κ2) is 10.0. The van der Waals surface area contributed by atoms with Crippen LogP contribution in [0.4, 0.5) is 11.5 Å². The fraction of sp³-hybridized carbons (Fsp3) is 0.409. The zero-order valence-electron chi connectivity index (χ0n) is 17.6. The van der Waals surface area contributed by atoms with Gasteiger partial charge in [0.1, 0.15) is 11.9 Å². The highest BCUT2D eigenvalue weighted by Crippen LogP contribution is 2.17. The fourth-order valence-corrected chi connectivity index (χ4v) is 3.53. The molecule has 2 heterocycles. The average molecular weight is 474 g/mol. The van der Waals surface area contributed by atoms with E-state index in [-0.39, 0.29) is 17.7 Å². The first-order valence-electron chi connectivity index (χ1n) is 10.1. The first kappa shape index (κ1) is 22.2. The zero-order chi connectivity index (χ0) is 21.7. The van der Waals surface area contributed by atoms with E-state index in [1.807, 2.05) is 26.0 Å². The lowest BCUT2D eigenvalue weighted by Gasteiger charge is -2.33. The number of pyridine rings is 1. The smallest absolute Gasteiger partial charge is 0.251 e. The molecule has 0 aliphatic carbocycles. The Morgan fingerprint density at radius 1 is 1.03 bits per heavy atom. The molecular weight excluding hydrogens is 446 g/mol. The van der Waals surface area contributed by atoms with Crippen molar-refractivity contribution in [3.63, 3.8) is 0 Å². The lowest BCUT2D eigenvalue weighted by molar-refractivity contribution is -0.118. The van der Waals surface area contributed by atoms with Gasteiger partial charge in [-0.15, -0.1) is 0 Å². The van der Waals surface area contributed by atoms with Crippen molar-refractivity contribution >= 4 is 39.2 Å². The summed E-state index contributed by atoms with van der Waals surface area (Å²) in [6, 6.07) is 10.2. The number of hydrogen-bond acceptors (Lipinski definition) is 5. The van der Waals surface area contributed by atoms with Gasteiger partial charge in [0.2, 0.25) is 5.91 Å². The summed E-state index contributed by atoms with van der Waals surface area (Å²) in [6.45, 7) is 7.70. The molecule has 3 rings (SSSR count). The van der Waals surface area contributed by atoms with Gasteiger partial charge in [0, 0.05) is 36.2 Å². The van der Waals surface area contributed by atoms with Gasteiger partial charge in [-0.05, 0) is 49.4 Å². The van der Waals surface area contributed by atoms with Crippen LogP contribution < -0.4 is 15.5 Å². The van der Waals surface area contributed by atoms with Gasteiger partial charge >= 0.3 is 0 Å². The number of anilines is 2. The maximum absolute atomic E-state index is 12.8. The molecule has 0 radical (unpaired) electrons. The molecule has 2 aromatic rings. The number of aromatic nitrogens is 1. The third-order valence-electron chi connectivity index (χ3n) is 5.18. The second-order valence-corrected chi connectivity index (χ2v) is 8.80. The Labute approximate surface area is 186 Å². The van der Waals surface area contributed by atoms with E-state index < -0.39 is 6.04 Å². The minimum Gasteiger partial charge on any atom is -0.354 e. The molecule has 1 unspecified atom stereocenters. The average Bonchev–Trinajstić information content (AvgIpc) is 2.73. The van der Waals surface area contributed by atoms with Crippen molar-refractivity contribution in [2.24, 2.45) is 5.92 Å². The molecule has 1 aromatic carbocycles. The Morgan fingerprint density at radius 3 is 2.27 bits per heavy atom. The Hall–Kier alpha value is -2.45. The number of benzene rings is 1. The summed E-state index contributed by atoms with van der Waals surface area (Å²) < 4.78 is 0.893. The van der Waals surface area contributed by atoms with Crippen molar-refractivity contribution in [1.29, 1.82) is 0 Å². The predicted octanol–water partition coefficient (Wildman–Crippen LogP) is 2.99. The van der Waals surface area contributed by atoms with Gasteiger partial charge in [-0.2, -0.15) is 0 Å². The van der Waals surface area contributed by atoms with Crippen molar-refractivity contribution in [1.82, 2.24) is 15.2 Å². The van der Waals surface area contributed by atoms with Crippen molar-refractivity contribution < 1.29 is 9.59 Å². The van der Waals surface area contributed by atoms with Gasteiger partial charge < -0.3 is 20.4 Å². The molecule has 1 fully saturated rings. The van der Waals surface area contributed by atoms with Crippen LogP contribution in [0.25, 0.3) is 0 Å². The van der Waals surface area contributed by atoms with E-state index in [1.165, 1.54) is 0 Å². The monoisotopic (exact) mass is 473 g/mol. The van der Waals surface area contributed by atoms with Crippen LogP contribution in [0.2, 0.25) is 0 Å². The number of amides is 2. The molecule has 7 nitrogen and oxygen atoms in total. The largest absolute Gasteiger partial charge is 0.354 e. The van der Waals surface area contributed by atoms with Crippen LogP contribution in [-0.2, 0) is 4.79 Å². The Morgan fingerprint density at radius 2 is 1.70 bits per heavy atom. The van der Waals surface area contributed by atoms with Gasteiger partial charge in [0.05, 0.1) is 11.9 Å². The molecule has 0 bridgehead atoms. The molecule has 1 aromatic heterocycles. The second-order valence-electron chi connectivity index (χ2n) is 7.89. The number of likely N-dealkylation sites (N-methyl/N-ethyl adjacent to an activating group) is 1. The minimum absolute atomic E-state index is 0.0676. The van der Waals surface area contributed by atoms with E-state index >= 15 is 0 Å². The number of halogens is 1. The molecule has 8 heteroatoms. The van der Waals surface area contributed by atoms with Crippen LogP contribution >= 0.6 is 15.9 Å². The van der Waals surface area contributed by atoms with E-state index in [2.05, 4.69) is 48.4 Å². The topological polar surface area (TPSA) is 77.6 Å². The highest BCUT2D eigenvalue weighted by atomic mass is 79.9. The lowest BCUT2D eigenvalue weighted by atomic mass is 10.0. The van der Waals surface area contributed by atoms with E-state index in [1.54, 1.807) is 30.5 Å². The Kier molecular flexibility index (Phi) is 7.44. The molecule has 2 N–H and O–H groups in total. The Bertz CT molecular complexity index is 862. The number of nitrogens with one attached hydrogen (secondary N) is 2. The van der Waals surface area contributed by atoms with Crippen molar-refractivity contribution in [3.05, 3.63) is 52.6 Å². The summed E-state index contributed by atoms with van der Waals surface area (Å²) in [5, 5.41) is 5.72. The normalized spacial score (nSPS) is 15.7. The van der Waals surface area contributed by atoms with Gasteiger partial charge in [-0.25, -0.2) is 4.98 Å². The van der Waals surface area contributed by atoms with E-state index in [4.69, 9.17) is 0 Å². The third-order valence-corrected chi connectivity index (χ3v) is 5.71. The number of piperazine rings is 1. The standard InChI is InChI=1S/C22H28BrN5O2/c1-15(2)20(26-21(29)16-4-6-17(23)7-5-16)22(30)25-18-8-9-19(24-14-18)28-12-10-27(3)11-13-28/h4-9,14-15,20H,10-13H2,1-3H3,(H,25,30)(H,26,29). The van der Waals surface area contributed by atoms with Crippen molar-refractivity contribution in [2.75, 3.05) is 43.4 Å². The van der Waals surface area contributed by atoms with Gasteiger partial charge in [0.15, 0.2) is 0 Å². The summed E-state index contributed by atoms with van der Waals surface area (Å²) in [6.07, 6.45) is 1.67. The number of nitrogens with zero attached hydrogens (tertiary/aromatic N) is 3. The molecule has 160 valence electrons. The van der Waals surface area contributed by atoms with Gasteiger partial charge in [0.25, 0.3) is 5.91 Å². The summed E-state index contributed by atoms with van der Waals surface area (Å²) in [5.41, 5.74) is 1.12. The third kappa shape index (κ3) is 5.79. The van der Waals surface area contributed by atoms with Gasteiger partial charge in [-0.1, -0.05) is 29.8 Å². The van der Waals surface area contributed by atoms with Crippen LogP contribution in [-0.4, -0.2) is 61.0 Å². The van der Waals surface area contributed by atoms with Gasteiger partial charge in [-0.3, -0.25) is 9.59 Å². The first-order valence-corrected chi connectivity index (χ1v) is 10.9.